The van der Waals surface area contributed by atoms with E-state index in [1.807, 2.05) is 0 Å². The Morgan fingerprint density at radius 2 is 2.07 bits per heavy atom. The molecule has 2 heteroatoms. The minimum absolute atomic E-state index is 0.141. The lowest BCUT2D eigenvalue weighted by Crippen LogP contribution is -2.21. The van der Waals surface area contributed by atoms with E-state index in [0.717, 1.165) is 24.3 Å². The summed E-state index contributed by atoms with van der Waals surface area (Å²) < 4.78 is 5.65. The molecule has 82 valence electrons. The molecule has 2 nitrogen and oxygen atoms in total. The summed E-state index contributed by atoms with van der Waals surface area (Å²) in [7, 11) is 0. The van der Waals surface area contributed by atoms with Crippen molar-refractivity contribution in [3.63, 3.8) is 0 Å². The molecule has 0 saturated heterocycles. The van der Waals surface area contributed by atoms with Gasteiger partial charge in [-0.3, -0.25) is 0 Å². The molecule has 2 rings (SSSR count). The molecule has 0 saturated carbocycles. The summed E-state index contributed by atoms with van der Waals surface area (Å²) in [6.07, 6.45) is 0.919. The fraction of sp³-hybridized carbons (Fsp3) is 0.538. The molecular formula is C13H19NO. The van der Waals surface area contributed by atoms with Crippen molar-refractivity contribution in [2.75, 3.05) is 6.61 Å². The first-order valence-electron chi connectivity index (χ1n) is 5.51. The number of benzene rings is 1. The van der Waals surface area contributed by atoms with Crippen molar-refractivity contribution in [3.8, 4) is 5.75 Å². The van der Waals surface area contributed by atoms with Crippen LogP contribution in [0.3, 0.4) is 0 Å². The van der Waals surface area contributed by atoms with Gasteiger partial charge in [0, 0.05) is 18.0 Å². The van der Waals surface area contributed by atoms with Crippen LogP contribution in [0, 0.1) is 0 Å². The molecule has 0 aliphatic carbocycles. The van der Waals surface area contributed by atoms with Gasteiger partial charge in [-0.05, 0) is 17.0 Å². The van der Waals surface area contributed by atoms with E-state index < -0.39 is 0 Å². The Labute approximate surface area is 91.4 Å². The average molecular weight is 205 g/mol. The Morgan fingerprint density at radius 1 is 1.33 bits per heavy atom. The highest BCUT2D eigenvalue weighted by Gasteiger charge is 2.21. The first-order valence-corrected chi connectivity index (χ1v) is 5.51. The van der Waals surface area contributed by atoms with E-state index in [1.54, 1.807) is 0 Å². The molecule has 1 aliphatic heterocycles. The number of rotatable bonds is 0. The van der Waals surface area contributed by atoms with E-state index in [9.17, 15) is 0 Å². The van der Waals surface area contributed by atoms with Crippen LogP contribution in [0.5, 0.6) is 5.75 Å². The van der Waals surface area contributed by atoms with Crippen molar-refractivity contribution in [2.45, 2.75) is 38.6 Å². The summed E-state index contributed by atoms with van der Waals surface area (Å²) in [6, 6.07) is 6.55. The van der Waals surface area contributed by atoms with E-state index >= 15 is 0 Å². The minimum Gasteiger partial charge on any atom is -0.493 e. The highest BCUT2D eigenvalue weighted by molar-refractivity contribution is 5.42. The number of ether oxygens (including phenoxy) is 1. The predicted molar refractivity (Wildman–Crippen MR) is 62.2 cm³/mol. The molecule has 1 aromatic rings. The van der Waals surface area contributed by atoms with Gasteiger partial charge in [0.1, 0.15) is 5.75 Å². The molecule has 0 fully saturated rings. The fourth-order valence-electron chi connectivity index (χ4n) is 1.88. The maximum Gasteiger partial charge on any atom is 0.124 e. The molecule has 0 unspecified atom stereocenters. The number of nitrogens with two attached hydrogens (primary N) is 1. The molecule has 0 radical (unpaired) electrons. The monoisotopic (exact) mass is 205 g/mol. The third-order valence-corrected chi connectivity index (χ3v) is 2.97. The van der Waals surface area contributed by atoms with E-state index in [-0.39, 0.29) is 11.5 Å². The SMILES string of the molecule is CC(C)(C)c1ccc2c(c1)OCC[C@@H]2N. The maximum atomic E-state index is 6.03. The highest BCUT2D eigenvalue weighted by atomic mass is 16.5. The number of hydrogen-bond acceptors (Lipinski definition) is 2. The first-order chi connectivity index (χ1) is 6.98. The summed E-state index contributed by atoms with van der Waals surface area (Å²) in [4.78, 5) is 0. The molecule has 0 bridgehead atoms. The van der Waals surface area contributed by atoms with Crippen LogP contribution in [0.4, 0.5) is 0 Å². The molecule has 0 aromatic heterocycles. The summed E-state index contributed by atoms with van der Waals surface area (Å²) in [5, 5.41) is 0. The van der Waals surface area contributed by atoms with Gasteiger partial charge in [-0.25, -0.2) is 0 Å². The zero-order chi connectivity index (χ0) is 11.1. The van der Waals surface area contributed by atoms with Crippen LogP contribution in [0.1, 0.15) is 44.4 Å². The second-order valence-electron chi connectivity index (χ2n) is 5.25. The van der Waals surface area contributed by atoms with E-state index in [4.69, 9.17) is 10.5 Å². The topological polar surface area (TPSA) is 35.2 Å². The predicted octanol–water partition coefficient (Wildman–Crippen LogP) is 2.77. The Hall–Kier alpha value is -1.02. The number of hydrogen-bond donors (Lipinski definition) is 1. The molecule has 2 N–H and O–H groups in total. The van der Waals surface area contributed by atoms with Gasteiger partial charge in [-0.2, -0.15) is 0 Å². The van der Waals surface area contributed by atoms with Crippen molar-refractivity contribution < 1.29 is 4.74 Å². The van der Waals surface area contributed by atoms with Crippen LogP contribution < -0.4 is 10.5 Å². The minimum atomic E-state index is 0.141. The van der Waals surface area contributed by atoms with Gasteiger partial charge >= 0.3 is 0 Å². The quantitative estimate of drug-likeness (QED) is 0.707. The second-order valence-corrected chi connectivity index (χ2v) is 5.25. The lowest BCUT2D eigenvalue weighted by atomic mass is 9.85. The van der Waals surface area contributed by atoms with Gasteiger partial charge in [0.15, 0.2) is 0 Å². The van der Waals surface area contributed by atoms with Crippen molar-refractivity contribution >= 4 is 0 Å². The molecule has 1 aliphatic rings. The lowest BCUT2D eigenvalue weighted by molar-refractivity contribution is 0.268. The zero-order valence-corrected chi connectivity index (χ0v) is 9.71. The van der Waals surface area contributed by atoms with Gasteiger partial charge in [0.25, 0.3) is 0 Å². The van der Waals surface area contributed by atoms with Crippen LogP contribution in [-0.4, -0.2) is 6.61 Å². The summed E-state index contributed by atoms with van der Waals surface area (Å²) >= 11 is 0. The van der Waals surface area contributed by atoms with E-state index in [1.165, 1.54) is 5.56 Å². The Bertz CT molecular complexity index is 365. The Balaban J connectivity index is 2.42. The highest BCUT2D eigenvalue weighted by Crippen LogP contribution is 2.34. The van der Waals surface area contributed by atoms with Crippen molar-refractivity contribution in [1.82, 2.24) is 0 Å². The molecule has 0 amide bonds. The zero-order valence-electron chi connectivity index (χ0n) is 9.71. The Morgan fingerprint density at radius 3 is 2.73 bits per heavy atom. The van der Waals surface area contributed by atoms with Crippen LogP contribution in [0.15, 0.2) is 18.2 Å². The first kappa shape index (κ1) is 10.5. The van der Waals surface area contributed by atoms with Gasteiger partial charge in [-0.1, -0.05) is 32.9 Å². The van der Waals surface area contributed by atoms with Gasteiger partial charge in [-0.15, -0.1) is 0 Å². The van der Waals surface area contributed by atoms with Gasteiger partial charge in [0.05, 0.1) is 6.61 Å². The van der Waals surface area contributed by atoms with Crippen molar-refractivity contribution in [3.05, 3.63) is 29.3 Å². The standard InChI is InChI=1S/C13H19NO/c1-13(2,3)9-4-5-10-11(14)6-7-15-12(10)8-9/h4-5,8,11H,6-7,14H2,1-3H3/t11-/m0/s1. The fourth-order valence-corrected chi connectivity index (χ4v) is 1.88. The third kappa shape index (κ3) is 2.00. The third-order valence-electron chi connectivity index (χ3n) is 2.97. The molecule has 0 spiro atoms. The van der Waals surface area contributed by atoms with Gasteiger partial charge < -0.3 is 10.5 Å². The van der Waals surface area contributed by atoms with Crippen molar-refractivity contribution in [1.29, 1.82) is 0 Å². The lowest BCUT2D eigenvalue weighted by Gasteiger charge is -2.26. The second kappa shape index (κ2) is 3.53. The van der Waals surface area contributed by atoms with Crippen LogP contribution >= 0.6 is 0 Å². The smallest absolute Gasteiger partial charge is 0.124 e. The molecule has 1 atom stereocenters. The average Bonchev–Trinajstić information content (AvgIpc) is 2.16. The largest absolute Gasteiger partial charge is 0.493 e. The molecule has 15 heavy (non-hydrogen) atoms. The molecular weight excluding hydrogens is 186 g/mol. The number of fused-ring (bicyclic) bond motifs is 1. The Kier molecular flexibility index (Phi) is 2.47. The van der Waals surface area contributed by atoms with E-state index in [0.29, 0.717) is 0 Å². The van der Waals surface area contributed by atoms with Crippen molar-refractivity contribution in [2.24, 2.45) is 5.73 Å². The maximum absolute atomic E-state index is 6.03. The van der Waals surface area contributed by atoms with Crippen LogP contribution in [0.2, 0.25) is 0 Å². The summed E-state index contributed by atoms with van der Waals surface area (Å²) in [6.45, 7) is 7.36. The summed E-state index contributed by atoms with van der Waals surface area (Å²) in [5.41, 5.74) is 8.64. The molecule has 1 heterocycles. The normalized spacial score (nSPS) is 20.7. The van der Waals surface area contributed by atoms with Gasteiger partial charge in [0.2, 0.25) is 0 Å². The van der Waals surface area contributed by atoms with E-state index in [2.05, 4.69) is 39.0 Å². The van der Waals surface area contributed by atoms with Crippen LogP contribution in [0.25, 0.3) is 0 Å². The van der Waals surface area contributed by atoms with Crippen LogP contribution in [-0.2, 0) is 5.41 Å². The summed E-state index contributed by atoms with van der Waals surface area (Å²) in [5.74, 6) is 0.973. The molecule has 1 aromatic carbocycles.